The zero-order chi connectivity index (χ0) is 18.3. The topological polar surface area (TPSA) is 83.2 Å². The number of benzene rings is 1. The summed E-state index contributed by atoms with van der Waals surface area (Å²) < 4.78 is 2.72. The number of imidazole rings is 1. The van der Waals surface area contributed by atoms with E-state index in [0.29, 0.717) is 28.7 Å². The Morgan fingerprint density at radius 3 is 2.81 bits per heavy atom. The molecule has 0 unspecified atom stereocenters. The highest BCUT2D eigenvalue weighted by atomic mass is 79.9. The number of hydrogen-bond acceptors (Lipinski definition) is 4. The van der Waals surface area contributed by atoms with Crippen LogP contribution in [0.2, 0.25) is 5.15 Å². The maximum atomic E-state index is 8.11. The molecule has 0 aliphatic carbocycles. The molecule has 1 aromatic carbocycles. The van der Waals surface area contributed by atoms with Crippen LogP contribution in [0.15, 0.2) is 47.3 Å². The van der Waals surface area contributed by atoms with Crippen molar-refractivity contribution in [2.75, 3.05) is 0 Å². The van der Waals surface area contributed by atoms with E-state index < -0.39 is 0 Å². The van der Waals surface area contributed by atoms with Crippen molar-refractivity contribution in [3.63, 3.8) is 0 Å². The van der Waals surface area contributed by atoms with Gasteiger partial charge in [-0.3, -0.25) is 5.41 Å². The van der Waals surface area contributed by atoms with Crippen LogP contribution in [0.5, 0.6) is 0 Å². The van der Waals surface area contributed by atoms with Crippen molar-refractivity contribution < 1.29 is 0 Å². The Bertz CT molecular complexity index is 1160. The summed E-state index contributed by atoms with van der Waals surface area (Å²) in [6.07, 6.45) is 3.25. The minimum absolute atomic E-state index is 0.153. The molecule has 0 radical (unpaired) electrons. The molecule has 0 saturated carbocycles. The Kier molecular flexibility index (Phi) is 4.34. The van der Waals surface area contributed by atoms with Crippen LogP contribution < -0.4 is 5.49 Å². The first-order valence-corrected chi connectivity index (χ1v) is 9.06. The lowest BCUT2D eigenvalue weighted by Crippen LogP contribution is -2.13. The molecule has 0 amide bonds. The van der Waals surface area contributed by atoms with Gasteiger partial charge in [-0.05, 0) is 18.6 Å². The molecule has 0 bridgehead atoms. The number of aryl methyl sites for hydroxylation is 1. The van der Waals surface area contributed by atoms with E-state index >= 15 is 0 Å². The fourth-order valence-electron chi connectivity index (χ4n) is 2.82. The van der Waals surface area contributed by atoms with Crippen molar-refractivity contribution in [2.24, 2.45) is 0 Å². The molecule has 3 aromatic heterocycles. The maximum Gasteiger partial charge on any atom is 0.173 e. The van der Waals surface area contributed by atoms with E-state index in [0.717, 1.165) is 21.2 Å². The molecule has 4 aromatic rings. The first kappa shape index (κ1) is 16.9. The number of hydrogen-bond donors (Lipinski definition) is 2. The molecule has 3 heterocycles. The summed E-state index contributed by atoms with van der Waals surface area (Å²) in [5.41, 5.74) is 4.32. The summed E-state index contributed by atoms with van der Waals surface area (Å²) in [5, 5.41) is 8.53. The Morgan fingerprint density at radius 2 is 2.04 bits per heavy atom. The molecular formula is C18H14BrClN6. The van der Waals surface area contributed by atoms with Gasteiger partial charge in [0.1, 0.15) is 16.5 Å². The Balaban J connectivity index is 1.88. The van der Waals surface area contributed by atoms with Crippen LogP contribution in [0.1, 0.15) is 11.1 Å². The van der Waals surface area contributed by atoms with Crippen LogP contribution in [0.25, 0.3) is 22.6 Å². The average molecular weight is 430 g/mol. The Morgan fingerprint density at radius 1 is 1.23 bits per heavy atom. The average Bonchev–Trinajstić information content (AvgIpc) is 3.07. The number of pyridine rings is 1. The molecule has 0 fully saturated rings. The zero-order valence-electron chi connectivity index (χ0n) is 13.8. The molecule has 0 aliphatic rings. The normalized spacial score (nSPS) is 11.2. The molecular weight excluding hydrogens is 416 g/mol. The Labute approximate surface area is 162 Å². The van der Waals surface area contributed by atoms with Gasteiger partial charge in [0.05, 0.1) is 12.9 Å². The van der Waals surface area contributed by atoms with Crippen LogP contribution in [-0.2, 0) is 6.54 Å². The molecule has 0 atom stereocenters. The van der Waals surface area contributed by atoms with Crippen LogP contribution in [-0.4, -0.2) is 24.5 Å². The lowest BCUT2D eigenvalue weighted by molar-refractivity contribution is 0.778. The van der Waals surface area contributed by atoms with Crippen molar-refractivity contribution in [2.45, 2.75) is 13.5 Å². The first-order chi connectivity index (χ1) is 12.5. The van der Waals surface area contributed by atoms with Gasteiger partial charge in [-0.1, -0.05) is 51.8 Å². The largest absolute Gasteiger partial charge is 0.334 e. The van der Waals surface area contributed by atoms with Crippen LogP contribution in [0, 0.1) is 12.3 Å². The summed E-state index contributed by atoms with van der Waals surface area (Å²) in [4.78, 5) is 16.3. The van der Waals surface area contributed by atoms with E-state index in [1.165, 1.54) is 0 Å². The summed E-state index contributed by atoms with van der Waals surface area (Å²) in [6, 6.07) is 9.83. The van der Waals surface area contributed by atoms with Gasteiger partial charge in [0.25, 0.3) is 0 Å². The fraction of sp³-hybridized carbons (Fsp3) is 0.111. The van der Waals surface area contributed by atoms with Gasteiger partial charge >= 0.3 is 0 Å². The zero-order valence-corrected chi connectivity index (χ0v) is 16.1. The molecule has 0 aliphatic heterocycles. The number of aromatic nitrogens is 5. The van der Waals surface area contributed by atoms with Gasteiger partial charge in [-0.15, -0.1) is 0 Å². The van der Waals surface area contributed by atoms with E-state index in [9.17, 15) is 0 Å². The quantitative estimate of drug-likeness (QED) is 0.481. The molecule has 6 nitrogen and oxygen atoms in total. The lowest BCUT2D eigenvalue weighted by Gasteiger charge is -2.09. The van der Waals surface area contributed by atoms with Crippen molar-refractivity contribution in [3.8, 4) is 11.4 Å². The lowest BCUT2D eigenvalue weighted by atomic mass is 10.1. The smallest absolute Gasteiger partial charge is 0.173 e. The third-order valence-electron chi connectivity index (χ3n) is 4.19. The minimum atomic E-state index is 0.153. The number of H-pyrrole nitrogens is 1. The van der Waals surface area contributed by atoms with E-state index in [4.69, 9.17) is 22.0 Å². The second-order valence-corrected chi connectivity index (χ2v) is 7.09. The van der Waals surface area contributed by atoms with Gasteiger partial charge in [-0.25, -0.2) is 15.0 Å². The second kappa shape index (κ2) is 6.66. The van der Waals surface area contributed by atoms with Crippen molar-refractivity contribution in [3.05, 3.63) is 69.1 Å². The number of fused-ring (bicyclic) bond motifs is 1. The predicted octanol–water partition coefficient (Wildman–Crippen LogP) is 4.07. The maximum absolute atomic E-state index is 8.11. The molecule has 4 rings (SSSR count). The SMILES string of the molecule is Cc1ccccc1-c1nc2c([nH]1)c(=N)ncn2Cc1c(Br)ccnc1Cl. The summed E-state index contributed by atoms with van der Waals surface area (Å²) in [5.74, 6) is 0.713. The number of nitrogens with one attached hydrogen (secondary N) is 2. The summed E-state index contributed by atoms with van der Waals surface area (Å²) in [6.45, 7) is 2.47. The van der Waals surface area contributed by atoms with E-state index in [1.54, 1.807) is 12.5 Å². The Hall–Kier alpha value is -2.51. The molecule has 130 valence electrons. The fourth-order valence-corrected chi connectivity index (χ4v) is 3.59. The monoisotopic (exact) mass is 428 g/mol. The number of aromatic amines is 1. The van der Waals surface area contributed by atoms with Crippen molar-refractivity contribution in [1.82, 2.24) is 24.5 Å². The van der Waals surface area contributed by atoms with Crippen LogP contribution in [0.3, 0.4) is 0 Å². The molecule has 0 saturated heterocycles. The number of rotatable bonds is 3. The molecule has 26 heavy (non-hydrogen) atoms. The third kappa shape index (κ3) is 2.93. The first-order valence-electron chi connectivity index (χ1n) is 7.89. The van der Waals surface area contributed by atoms with Crippen molar-refractivity contribution in [1.29, 1.82) is 5.41 Å². The highest BCUT2D eigenvalue weighted by Crippen LogP contribution is 2.25. The van der Waals surface area contributed by atoms with E-state index in [-0.39, 0.29) is 5.49 Å². The molecule has 8 heteroatoms. The molecule has 2 N–H and O–H groups in total. The van der Waals surface area contributed by atoms with E-state index in [2.05, 4.69) is 30.9 Å². The summed E-state index contributed by atoms with van der Waals surface area (Å²) >= 11 is 9.75. The van der Waals surface area contributed by atoms with Gasteiger partial charge in [0.2, 0.25) is 0 Å². The standard InChI is InChI=1S/C18H14BrClN6/c1-10-4-2-3-5-11(10)17-24-14-16(21)23-9-26(18(14)25-17)8-12-13(19)6-7-22-15(12)20/h2-7,9,21H,8H2,1H3,(H,24,25). The molecule has 0 spiro atoms. The third-order valence-corrected chi connectivity index (χ3v) is 5.26. The van der Waals surface area contributed by atoms with Gasteiger partial charge in [0, 0.05) is 21.8 Å². The summed E-state index contributed by atoms with van der Waals surface area (Å²) in [7, 11) is 0. The number of nitrogens with zero attached hydrogens (tertiary/aromatic N) is 4. The second-order valence-electron chi connectivity index (χ2n) is 5.88. The van der Waals surface area contributed by atoms with Gasteiger partial charge < -0.3 is 9.55 Å². The van der Waals surface area contributed by atoms with E-state index in [1.807, 2.05) is 41.8 Å². The number of halogens is 2. The minimum Gasteiger partial charge on any atom is -0.334 e. The van der Waals surface area contributed by atoms with Gasteiger partial charge in [0.15, 0.2) is 11.1 Å². The van der Waals surface area contributed by atoms with Gasteiger partial charge in [-0.2, -0.15) is 0 Å². The van der Waals surface area contributed by atoms with Crippen molar-refractivity contribution >= 4 is 38.7 Å². The highest BCUT2D eigenvalue weighted by Gasteiger charge is 2.14. The van der Waals surface area contributed by atoms with Crippen LogP contribution >= 0.6 is 27.5 Å². The highest BCUT2D eigenvalue weighted by molar-refractivity contribution is 9.10. The predicted molar refractivity (Wildman–Crippen MR) is 104 cm³/mol. The van der Waals surface area contributed by atoms with Crippen LogP contribution in [0.4, 0.5) is 0 Å².